The molecule has 3 aliphatic rings. The van der Waals surface area contributed by atoms with Gasteiger partial charge in [-0.25, -0.2) is 0 Å². The van der Waals surface area contributed by atoms with Gasteiger partial charge in [0.15, 0.2) is 0 Å². The second-order valence-corrected chi connectivity index (χ2v) is 11.3. The van der Waals surface area contributed by atoms with Gasteiger partial charge in [0, 0.05) is 44.0 Å². The first-order valence-electron chi connectivity index (χ1n) is 13.7. The van der Waals surface area contributed by atoms with Crippen LogP contribution in [0.3, 0.4) is 0 Å². The third-order valence-electron chi connectivity index (χ3n) is 9.61. The van der Waals surface area contributed by atoms with E-state index >= 15 is 0 Å². The number of fused-ring (bicyclic) bond motifs is 8. The van der Waals surface area contributed by atoms with Crippen LogP contribution in [0.15, 0.2) is 115 Å². The van der Waals surface area contributed by atoms with Crippen LogP contribution >= 0.6 is 0 Å². The van der Waals surface area contributed by atoms with Gasteiger partial charge in [0.2, 0.25) is 0 Å². The Morgan fingerprint density at radius 2 is 0.949 bits per heavy atom. The second kappa shape index (κ2) is 6.16. The molecule has 3 heteroatoms. The maximum atomic E-state index is 2.63. The molecule has 0 atom stereocenters. The van der Waals surface area contributed by atoms with E-state index in [0.717, 1.165) is 0 Å². The Bertz CT molecular complexity index is 2260. The normalized spacial score (nSPS) is 14.1. The Morgan fingerprint density at radius 3 is 1.54 bits per heavy atom. The fraction of sp³-hybridized carbons (Fsp3) is 0. The van der Waals surface area contributed by atoms with E-state index in [1.165, 1.54) is 93.8 Å². The molecule has 0 fully saturated rings. The predicted octanol–water partition coefficient (Wildman–Crippen LogP) is 7.72. The minimum Gasteiger partial charge on any atom is -0.376 e. The van der Waals surface area contributed by atoms with E-state index in [0.29, 0.717) is 0 Å². The van der Waals surface area contributed by atoms with Crippen molar-refractivity contribution in [3.05, 3.63) is 115 Å². The van der Waals surface area contributed by atoms with Crippen molar-refractivity contribution in [2.45, 2.75) is 0 Å². The summed E-state index contributed by atoms with van der Waals surface area (Å²) in [7, 11) is 0. The lowest BCUT2D eigenvalue weighted by molar-refractivity contribution is 1.32. The number of para-hydroxylation sites is 2. The van der Waals surface area contributed by atoms with Gasteiger partial charge in [-0.15, -0.1) is 0 Å². The summed E-state index contributed by atoms with van der Waals surface area (Å²) in [5.74, 6) is 0. The first kappa shape index (κ1) is 19.1. The van der Waals surface area contributed by atoms with E-state index in [-0.39, 0.29) is 6.85 Å². The lowest BCUT2D eigenvalue weighted by Gasteiger charge is -2.44. The molecular weight excluding hydrogens is 471 g/mol. The van der Waals surface area contributed by atoms with Crippen LogP contribution in [0.4, 0.5) is 11.4 Å². The average molecular weight is 490 g/mol. The van der Waals surface area contributed by atoms with Crippen molar-refractivity contribution in [3.63, 3.8) is 0 Å². The van der Waals surface area contributed by atoms with Crippen LogP contribution in [0, 0.1) is 0 Å². The number of nitrogens with zero attached hydrogens (tertiary/aromatic N) is 2. The number of hydrogen-bond acceptors (Lipinski definition) is 1. The highest BCUT2D eigenvalue weighted by Gasteiger charge is 2.47. The van der Waals surface area contributed by atoms with Gasteiger partial charge in [0.05, 0.1) is 16.6 Å². The molecule has 6 aromatic carbocycles. The highest BCUT2D eigenvalue weighted by atomic mass is 15.1. The molecule has 0 radical (unpaired) electrons. The molecule has 2 aromatic heterocycles. The summed E-state index contributed by atoms with van der Waals surface area (Å²) in [5, 5.41) is 5.44. The summed E-state index contributed by atoms with van der Waals surface area (Å²) in [6.45, 7) is 0.165. The minimum atomic E-state index is 0.165. The molecule has 176 valence electrons. The summed E-state index contributed by atoms with van der Waals surface area (Å²) in [6, 6.07) is 43.2. The molecule has 0 amide bonds. The van der Waals surface area contributed by atoms with E-state index in [1.807, 2.05) is 0 Å². The molecular formula is C36H19BN2. The van der Waals surface area contributed by atoms with Crippen LogP contribution in [0.1, 0.15) is 0 Å². The van der Waals surface area contributed by atoms with Crippen LogP contribution in [0.25, 0.3) is 71.5 Å². The van der Waals surface area contributed by atoms with Gasteiger partial charge in [-0.05, 0) is 57.4 Å². The van der Waals surface area contributed by atoms with Crippen LogP contribution in [0.2, 0.25) is 0 Å². The van der Waals surface area contributed by atoms with Gasteiger partial charge in [0.1, 0.15) is 0 Å². The SMILES string of the molecule is c1ccc(-c2cc3c4ccc5c6c4n4c7c8c(ccc7c(c2)c34)-c2ccccc2N(B68)c2ccccc2-5)cc1. The van der Waals surface area contributed by atoms with Crippen molar-refractivity contribution in [1.29, 1.82) is 0 Å². The lowest BCUT2D eigenvalue weighted by Crippen LogP contribution is -2.61. The quantitative estimate of drug-likeness (QED) is 0.214. The highest BCUT2D eigenvalue weighted by Crippen LogP contribution is 2.51. The average Bonchev–Trinajstić information content (AvgIpc) is 3.53. The van der Waals surface area contributed by atoms with E-state index in [4.69, 9.17) is 0 Å². The van der Waals surface area contributed by atoms with Crippen molar-refractivity contribution < 1.29 is 0 Å². The first-order valence-corrected chi connectivity index (χ1v) is 13.7. The van der Waals surface area contributed by atoms with Gasteiger partial charge in [-0.3, -0.25) is 0 Å². The lowest BCUT2D eigenvalue weighted by atomic mass is 9.42. The zero-order valence-electron chi connectivity index (χ0n) is 20.9. The standard InChI is InChI=1S/C36H19BN2/c1-2-8-20(9-3-1)21-18-28-26-16-14-24-22-10-4-6-12-30(22)39-31-13-7-5-11-23(31)25-15-17-27-29(19-21)34(28)38-35(26)32(24)37(39)33(25)36(27)38/h1-19H. The predicted molar refractivity (Wildman–Crippen MR) is 165 cm³/mol. The summed E-state index contributed by atoms with van der Waals surface area (Å²) in [6.07, 6.45) is 0. The molecule has 39 heavy (non-hydrogen) atoms. The topological polar surface area (TPSA) is 7.65 Å². The van der Waals surface area contributed by atoms with E-state index < -0.39 is 0 Å². The third-order valence-corrected chi connectivity index (χ3v) is 9.61. The van der Waals surface area contributed by atoms with Crippen LogP contribution in [0.5, 0.6) is 0 Å². The fourth-order valence-corrected chi connectivity index (χ4v) is 8.21. The summed E-state index contributed by atoms with van der Waals surface area (Å²) in [4.78, 5) is 2.63. The number of aromatic nitrogens is 1. The molecule has 11 rings (SSSR count). The summed E-state index contributed by atoms with van der Waals surface area (Å²) < 4.78 is 2.62. The van der Waals surface area contributed by atoms with Crippen molar-refractivity contribution in [2.24, 2.45) is 0 Å². The Kier molecular flexibility index (Phi) is 3.02. The zero-order chi connectivity index (χ0) is 25.0. The van der Waals surface area contributed by atoms with Crippen molar-refractivity contribution in [3.8, 4) is 33.4 Å². The molecule has 8 aromatic rings. The Balaban J connectivity index is 1.44. The maximum absolute atomic E-state index is 2.63. The second-order valence-electron chi connectivity index (χ2n) is 11.3. The fourth-order valence-electron chi connectivity index (χ4n) is 8.21. The number of anilines is 2. The highest BCUT2D eigenvalue weighted by molar-refractivity contribution is 6.96. The largest absolute Gasteiger partial charge is 0.376 e. The van der Waals surface area contributed by atoms with Gasteiger partial charge < -0.3 is 9.21 Å². The van der Waals surface area contributed by atoms with Crippen LogP contribution in [-0.2, 0) is 0 Å². The monoisotopic (exact) mass is 490 g/mol. The molecule has 3 aliphatic heterocycles. The molecule has 0 bridgehead atoms. The number of hydrogen-bond donors (Lipinski definition) is 0. The minimum absolute atomic E-state index is 0.165. The molecule has 0 saturated heterocycles. The Hall–Kier alpha value is -5.02. The van der Waals surface area contributed by atoms with Crippen LogP contribution < -0.4 is 15.7 Å². The molecule has 0 unspecified atom stereocenters. The molecule has 0 aliphatic carbocycles. The van der Waals surface area contributed by atoms with Gasteiger partial charge >= 0.3 is 6.85 Å². The van der Waals surface area contributed by atoms with Gasteiger partial charge in [-0.1, -0.05) is 91.0 Å². The van der Waals surface area contributed by atoms with E-state index in [9.17, 15) is 0 Å². The smallest absolute Gasteiger partial charge is 0.333 e. The van der Waals surface area contributed by atoms with Crippen molar-refractivity contribution in [2.75, 3.05) is 4.81 Å². The van der Waals surface area contributed by atoms with E-state index in [2.05, 4.69) is 124 Å². The number of benzene rings is 6. The summed E-state index contributed by atoms with van der Waals surface area (Å²) in [5.41, 5.74) is 17.6. The number of rotatable bonds is 1. The Morgan fingerprint density at radius 1 is 0.410 bits per heavy atom. The van der Waals surface area contributed by atoms with Gasteiger partial charge in [0.25, 0.3) is 0 Å². The molecule has 2 nitrogen and oxygen atoms in total. The molecule has 5 heterocycles. The first-order chi connectivity index (χ1) is 19.4. The maximum Gasteiger partial charge on any atom is 0.333 e. The molecule has 0 N–H and O–H groups in total. The molecule has 0 spiro atoms. The zero-order valence-corrected chi connectivity index (χ0v) is 20.9. The van der Waals surface area contributed by atoms with Crippen LogP contribution in [-0.4, -0.2) is 11.2 Å². The Labute approximate surface area is 224 Å². The van der Waals surface area contributed by atoms with Crippen molar-refractivity contribution in [1.82, 2.24) is 4.40 Å². The molecule has 0 saturated carbocycles. The van der Waals surface area contributed by atoms with Gasteiger partial charge in [-0.2, -0.15) is 0 Å². The summed E-state index contributed by atoms with van der Waals surface area (Å²) >= 11 is 0. The van der Waals surface area contributed by atoms with Crippen molar-refractivity contribution >= 4 is 67.2 Å². The van der Waals surface area contributed by atoms with E-state index in [1.54, 1.807) is 0 Å². The third kappa shape index (κ3) is 1.96.